The first-order chi connectivity index (χ1) is 15.7. The normalized spacial score (nSPS) is 40.2. The summed E-state index contributed by atoms with van der Waals surface area (Å²) in [7, 11) is 0. The molecule has 0 aliphatic carbocycles. The Morgan fingerprint density at radius 3 is 2.50 bits per heavy atom. The number of carbonyl (C=O) groups excluding carboxylic acids is 3. The molecule has 0 spiro atoms. The molecule has 0 aromatic rings. The maximum Gasteiger partial charge on any atom is 0.334 e. The Bertz CT molecular complexity index is 889. The molecule has 0 aromatic carbocycles. The van der Waals surface area contributed by atoms with E-state index < -0.39 is 65.5 Å². The van der Waals surface area contributed by atoms with Crippen molar-refractivity contribution in [3.05, 3.63) is 23.8 Å². The van der Waals surface area contributed by atoms with E-state index in [1.165, 1.54) is 6.92 Å². The van der Waals surface area contributed by atoms with Crippen LogP contribution in [0.2, 0.25) is 0 Å². The molecule has 0 saturated carbocycles. The Labute approximate surface area is 200 Å². The Morgan fingerprint density at radius 2 is 1.91 bits per heavy atom. The largest absolute Gasteiger partial charge is 0.456 e. The maximum absolute atomic E-state index is 12.7. The summed E-state index contributed by atoms with van der Waals surface area (Å²) >= 11 is 0. The van der Waals surface area contributed by atoms with Crippen LogP contribution >= 0.6 is 0 Å². The van der Waals surface area contributed by atoms with Crippen LogP contribution in [0.5, 0.6) is 0 Å². The molecular weight excluding hydrogens is 444 g/mol. The molecule has 3 aliphatic heterocycles. The lowest BCUT2D eigenvalue weighted by Gasteiger charge is -2.41. The molecular formula is C25H36O9. The fraction of sp³-hybridized carbons (Fsp3) is 0.720. The highest BCUT2D eigenvalue weighted by atomic mass is 16.7. The molecule has 3 aliphatic rings. The summed E-state index contributed by atoms with van der Waals surface area (Å²) in [5, 5.41) is 23.2. The highest BCUT2D eigenvalue weighted by Crippen LogP contribution is 2.50. The van der Waals surface area contributed by atoms with Crippen molar-refractivity contribution in [2.24, 2.45) is 17.8 Å². The lowest BCUT2D eigenvalue weighted by Crippen LogP contribution is -2.58. The van der Waals surface area contributed by atoms with E-state index in [-0.39, 0.29) is 24.3 Å². The quantitative estimate of drug-likeness (QED) is 0.346. The molecule has 3 heterocycles. The van der Waals surface area contributed by atoms with E-state index in [0.717, 1.165) is 0 Å². The summed E-state index contributed by atoms with van der Waals surface area (Å²) in [5.41, 5.74) is -1.44. The topological polar surface area (TPSA) is 129 Å². The first-order valence-corrected chi connectivity index (χ1v) is 11.8. The lowest BCUT2D eigenvalue weighted by molar-refractivity contribution is -0.278. The SMILES string of the molecule is C=C1C(=O)O[C@@H]2[C@H]1[C@H](OC(=O)CC(C)C)[C@]1(O)O[C@@H](C[C@H]1C)C[C@@](C)(O)[C@H]2OC(=O)/C(C)=C/C. The van der Waals surface area contributed by atoms with Gasteiger partial charge >= 0.3 is 17.9 Å². The molecule has 0 radical (unpaired) electrons. The van der Waals surface area contributed by atoms with Crippen LogP contribution in [0.25, 0.3) is 0 Å². The number of ether oxygens (including phenoxy) is 4. The third-order valence-electron chi connectivity index (χ3n) is 7.05. The number of allylic oxidation sites excluding steroid dienone is 1. The van der Waals surface area contributed by atoms with Crippen molar-refractivity contribution in [1.29, 1.82) is 0 Å². The molecule has 0 aromatic heterocycles. The van der Waals surface area contributed by atoms with Gasteiger partial charge in [-0.05, 0) is 33.1 Å². The second-order valence-electron chi connectivity index (χ2n) is 10.4. The van der Waals surface area contributed by atoms with Gasteiger partial charge in [0.25, 0.3) is 0 Å². The van der Waals surface area contributed by atoms with Crippen molar-refractivity contribution in [2.75, 3.05) is 0 Å². The number of aliphatic hydroxyl groups is 2. The van der Waals surface area contributed by atoms with E-state index in [4.69, 9.17) is 18.9 Å². The van der Waals surface area contributed by atoms with Gasteiger partial charge in [-0.15, -0.1) is 0 Å². The summed E-state index contributed by atoms with van der Waals surface area (Å²) in [4.78, 5) is 38.1. The van der Waals surface area contributed by atoms with Gasteiger partial charge in [-0.1, -0.05) is 33.4 Å². The van der Waals surface area contributed by atoms with Crippen LogP contribution in [0.4, 0.5) is 0 Å². The molecule has 3 fully saturated rings. The van der Waals surface area contributed by atoms with Crippen LogP contribution in [0.15, 0.2) is 23.8 Å². The van der Waals surface area contributed by atoms with Crippen LogP contribution in [-0.2, 0) is 33.3 Å². The van der Waals surface area contributed by atoms with Gasteiger partial charge in [-0.25, -0.2) is 9.59 Å². The zero-order valence-corrected chi connectivity index (χ0v) is 20.7. The van der Waals surface area contributed by atoms with Gasteiger partial charge in [-0.2, -0.15) is 0 Å². The van der Waals surface area contributed by atoms with Gasteiger partial charge in [0.05, 0.1) is 12.0 Å². The molecule has 9 nitrogen and oxygen atoms in total. The highest BCUT2D eigenvalue weighted by Gasteiger charge is 2.65. The fourth-order valence-electron chi connectivity index (χ4n) is 5.07. The minimum atomic E-state index is -1.95. The smallest absolute Gasteiger partial charge is 0.334 e. The summed E-state index contributed by atoms with van der Waals surface area (Å²) in [6.07, 6.45) is -2.55. The Balaban J connectivity index is 2.13. The predicted molar refractivity (Wildman–Crippen MR) is 120 cm³/mol. The van der Waals surface area contributed by atoms with Crippen LogP contribution < -0.4 is 0 Å². The van der Waals surface area contributed by atoms with Gasteiger partial charge in [0.2, 0.25) is 5.79 Å². The minimum absolute atomic E-state index is 0.00755. The van der Waals surface area contributed by atoms with Crippen LogP contribution in [-0.4, -0.2) is 63.9 Å². The Hall–Kier alpha value is -2.23. The minimum Gasteiger partial charge on any atom is -0.456 e. The zero-order chi connectivity index (χ0) is 25.6. The third kappa shape index (κ3) is 4.78. The van der Waals surface area contributed by atoms with Crippen molar-refractivity contribution in [2.45, 2.75) is 96.6 Å². The van der Waals surface area contributed by atoms with Crippen molar-refractivity contribution in [3.8, 4) is 0 Å². The predicted octanol–water partition coefficient (Wildman–Crippen LogP) is 2.19. The van der Waals surface area contributed by atoms with Gasteiger partial charge in [0.1, 0.15) is 5.60 Å². The third-order valence-corrected chi connectivity index (χ3v) is 7.05. The van der Waals surface area contributed by atoms with E-state index in [2.05, 4.69) is 6.58 Å². The average Bonchev–Trinajstić information content (AvgIpc) is 3.17. The molecule has 2 N–H and O–H groups in total. The molecule has 3 saturated heterocycles. The van der Waals surface area contributed by atoms with Crippen molar-refractivity contribution in [1.82, 2.24) is 0 Å². The first-order valence-electron chi connectivity index (χ1n) is 11.8. The summed E-state index contributed by atoms with van der Waals surface area (Å²) in [5.74, 6) is -5.61. The molecule has 0 unspecified atom stereocenters. The first kappa shape index (κ1) is 26.4. The Morgan fingerprint density at radius 1 is 1.26 bits per heavy atom. The van der Waals surface area contributed by atoms with E-state index in [1.807, 2.05) is 13.8 Å². The molecule has 9 heteroatoms. The van der Waals surface area contributed by atoms with Gasteiger partial charge < -0.3 is 29.2 Å². The van der Waals surface area contributed by atoms with E-state index in [0.29, 0.717) is 12.0 Å². The second-order valence-corrected chi connectivity index (χ2v) is 10.4. The Kier molecular flexibility index (Phi) is 7.32. The average molecular weight is 481 g/mol. The number of hydrogen-bond acceptors (Lipinski definition) is 9. The number of carbonyl (C=O) groups is 3. The second kappa shape index (κ2) is 9.43. The van der Waals surface area contributed by atoms with Crippen LogP contribution in [0, 0.1) is 17.8 Å². The number of hydrogen-bond donors (Lipinski definition) is 2. The van der Waals surface area contributed by atoms with Crippen LogP contribution in [0.1, 0.15) is 60.8 Å². The van der Waals surface area contributed by atoms with Crippen molar-refractivity contribution < 1.29 is 43.5 Å². The maximum atomic E-state index is 12.7. The number of fused-ring (bicyclic) bond motifs is 3. The molecule has 2 bridgehead atoms. The summed E-state index contributed by atoms with van der Waals surface area (Å²) in [6, 6.07) is 0. The standard InChI is InChI=1S/C25H36O9/c1-8-13(4)22(27)33-21-19-18(15(6)23(28)32-19)20(31-17(26)9-12(2)3)25(30)14(5)10-16(34-25)11-24(21,7)29/h8,12,14,16,18-21,29-30H,6,9-11H2,1-5,7H3/b13-8+/t14-,16+,18+,19-,20+,21+,24-,25-/m1/s1. The van der Waals surface area contributed by atoms with E-state index >= 15 is 0 Å². The summed E-state index contributed by atoms with van der Waals surface area (Å²) in [6.45, 7) is 14.0. The van der Waals surface area contributed by atoms with Crippen LogP contribution in [0.3, 0.4) is 0 Å². The van der Waals surface area contributed by atoms with Crippen molar-refractivity contribution in [3.63, 3.8) is 0 Å². The molecule has 8 atom stereocenters. The monoisotopic (exact) mass is 480 g/mol. The van der Waals surface area contributed by atoms with Gasteiger partial charge in [0, 0.05) is 29.9 Å². The van der Waals surface area contributed by atoms with Gasteiger partial charge in [0.15, 0.2) is 18.3 Å². The van der Waals surface area contributed by atoms with Gasteiger partial charge in [-0.3, -0.25) is 4.79 Å². The molecule has 190 valence electrons. The lowest BCUT2D eigenvalue weighted by atomic mass is 9.75. The summed E-state index contributed by atoms with van der Waals surface area (Å²) < 4.78 is 23.0. The van der Waals surface area contributed by atoms with Crippen molar-refractivity contribution >= 4 is 17.9 Å². The molecule has 3 rings (SSSR count). The molecule has 34 heavy (non-hydrogen) atoms. The molecule has 0 amide bonds. The fourth-order valence-corrected chi connectivity index (χ4v) is 5.07. The highest BCUT2D eigenvalue weighted by molar-refractivity contribution is 5.91. The number of rotatable bonds is 5. The van der Waals surface area contributed by atoms with E-state index in [9.17, 15) is 24.6 Å². The number of esters is 3. The van der Waals surface area contributed by atoms with E-state index in [1.54, 1.807) is 26.8 Å². The zero-order valence-electron chi connectivity index (χ0n) is 20.7.